The molecule has 3 rings (SSSR count). The molecule has 0 radical (unpaired) electrons. The van der Waals surface area contributed by atoms with E-state index in [1.807, 2.05) is 24.3 Å². The molecule has 1 aromatic carbocycles. The first kappa shape index (κ1) is 10.8. The largest absolute Gasteiger partial charge is 0.508 e. The van der Waals surface area contributed by atoms with Crippen LogP contribution in [0.2, 0.25) is 0 Å². The van der Waals surface area contributed by atoms with Gasteiger partial charge in [-0.05, 0) is 24.3 Å². The van der Waals surface area contributed by atoms with Gasteiger partial charge in [0.1, 0.15) is 5.75 Å². The third-order valence-electron chi connectivity index (χ3n) is 2.99. The first-order chi connectivity index (χ1) is 8.79. The van der Waals surface area contributed by atoms with Gasteiger partial charge in [-0.2, -0.15) is 0 Å². The summed E-state index contributed by atoms with van der Waals surface area (Å²) >= 11 is 0. The van der Waals surface area contributed by atoms with Gasteiger partial charge in [-0.3, -0.25) is 4.98 Å². The van der Waals surface area contributed by atoms with Crippen LogP contribution in [0.5, 0.6) is 5.75 Å². The maximum atomic E-state index is 9.55. The summed E-state index contributed by atoms with van der Waals surface area (Å²) in [5.41, 5.74) is 10.5. The lowest BCUT2D eigenvalue weighted by molar-refractivity contribution is 0.475. The standard InChI is InChI=1S/C14H13N3O/c15-8-11-13(9-3-1-4-10(18)7-9)17-12-5-2-6-16-14(11)12/h1-7,17-18H,8,15H2. The Kier molecular flexibility index (Phi) is 2.50. The fourth-order valence-corrected chi connectivity index (χ4v) is 2.18. The number of H-pyrrole nitrogens is 1. The number of aromatic hydroxyl groups is 1. The van der Waals surface area contributed by atoms with E-state index in [-0.39, 0.29) is 5.75 Å². The molecule has 0 spiro atoms. The molecule has 0 aliphatic heterocycles. The molecule has 0 amide bonds. The number of phenolic OH excluding ortho intramolecular Hbond substituents is 1. The number of nitrogens with one attached hydrogen (secondary N) is 1. The average Bonchev–Trinajstić information content (AvgIpc) is 2.77. The fourth-order valence-electron chi connectivity index (χ4n) is 2.18. The monoisotopic (exact) mass is 239 g/mol. The minimum Gasteiger partial charge on any atom is -0.508 e. The molecular formula is C14H13N3O. The Bertz CT molecular complexity index is 703. The van der Waals surface area contributed by atoms with Crippen molar-refractivity contribution in [1.29, 1.82) is 0 Å². The van der Waals surface area contributed by atoms with Crippen LogP contribution >= 0.6 is 0 Å². The second kappa shape index (κ2) is 4.16. The number of nitrogens with zero attached hydrogens (tertiary/aromatic N) is 1. The number of hydrogen-bond donors (Lipinski definition) is 3. The zero-order valence-corrected chi connectivity index (χ0v) is 9.72. The van der Waals surface area contributed by atoms with Crippen LogP contribution in [0.25, 0.3) is 22.3 Å². The molecule has 0 aliphatic rings. The van der Waals surface area contributed by atoms with E-state index in [9.17, 15) is 5.11 Å². The summed E-state index contributed by atoms with van der Waals surface area (Å²) in [6, 6.07) is 10.9. The molecule has 0 saturated carbocycles. The maximum Gasteiger partial charge on any atom is 0.116 e. The van der Waals surface area contributed by atoms with Crippen molar-refractivity contribution in [1.82, 2.24) is 9.97 Å². The number of aromatic nitrogens is 2. The molecule has 3 aromatic rings. The molecule has 0 aliphatic carbocycles. The van der Waals surface area contributed by atoms with E-state index in [0.717, 1.165) is 27.9 Å². The SMILES string of the molecule is NCc1c(-c2cccc(O)c2)[nH]c2cccnc12. The van der Waals surface area contributed by atoms with Crippen LogP contribution in [0.3, 0.4) is 0 Å². The zero-order chi connectivity index (χ0) is 12.5. The van der Waals surface area contributed by atoms with Crippen molar-refractivity contribution >= 4 is 11.0 Å². The van der Waals surface area contributed by atoms with E-state index in [0.29, 0.717) is 6.54 Å². The number of pyridine rings is 1. The van der Waals surface area contributed by atoms with Crippen LogP contribution in [-0.4, -0.2) is 15.1 Å². The maximum absolute atomic E-state index is 9.55. The highest BCUT2D eigenvalue weighted by atomic mass is 16.3. The Morgan fingerprint density at radius 1 is 1.22 bits per heavy atom. The lowest BCUT2D eigenvalue weighted by Crippen LogP contribution is -1.97. The molecule has 18 heavy (non-hydrogen) atoms. The van der Waals surface area contributed by atoms with Gasteiger partial charge in [-0.25, -0.2) is 0 Å². The molecule has 2 heterocycles. The lowest BCUT2D eigenvalue weighted by atomic mass is 10.1. The average molecular weight is 239 g/mol. The molecule has 2 aromatic heterocycles. The predicted molar refractivity (Wildman–Crippen MR) is 71.1 cm³/mol. The van der Waals surface area contributed by atoms with Gasteiger partial charge in [0, 0.05) is 23.9 Å². The second-order valence-electron chi connectivity index (χ2n) is 4.13. The molecule has 0 atom stereocenters. The number of aromatic amines is 1. The van der Waals surface area contributed by atoms with E-state index >= 15 is 0 Å². The third kappa shape index (κ3) is 1.63. The van der Waals surface area contributed by atoms with Crippen LogP contribution in [0, 0.1) is 0 Å². The van der Waals surface area contributed by atoms with Crippen molar-refractivity contribution < 1.29 is 5.11 Å². The van der Waals surface area contributed by atoms with Crippen molar-refractivity contribution in [2.45, 2.75) is 6.54 Å². The van der Waals surface area contributed by atoms with E-state index < -0.39 is 0 Å². The topological polar surface area (TPSA) is 74.9 Å². The van der Waals surface area contributed by atoms with Crippen molar-refractivity contribution in [2.75, 3.05) is 0 Å². The van der Waals surface area contributed by atoms with Crippen LogP contribution in [0.1, 0.15) is 5.56 Å². The molecule has 4 nitrogen and oxygen atoms in total. The summed E-state index contributed by atoms with van der Waals surface area (Å²) in [6.45, 7) is 0.405. The summed E-state index contributed by atoms with van der Waals surface area (Å²) in [4.78, 5) is 7.65. The number of nitrogens with two attached hydrogens (primary N) is 1. The number of rotatable bonds is 2. The number of phenols is 1. The molecule has 0 saturated heterocycles. The summed E-state index contributed by atoms with van der Waals surface area (Å²) in [6.07, 6.45) is 1.75. The normalized spacial score (nSPS) is 10.9. The molecule has 0 bridgehead atoms. The Hall–Kier alpha value is -2.33. The van der Waals surface area contributed by atoms with Gasteiger partial charge in [0.2, 0.25) is 0 Å². The Labute approximate surface area is 104 Å². The smallest absolute Gasteiger partial charge is 0.116 e. The van der Waals surface area contributed by atoms with Crippen molar-refractivity contribution in [3.8, 4) is 17.0 Å². The minimum atomic E-state index is 0.238. The van der Waals surface area contributed by atoms with Gasteiger partial charge in [-0.15, -0.1) is 0 Å². The summed E-state index contributed by atoms with van der Waals surface area (Å²) in [7, 11) is 0. The first-order valence-corrected chi connectivity index (χ1v) is 5.74. The number of hydrogen-bond acceptors (Lipinski definition) is 3. The summed E-state index contributed by atoms with van der Waals surface area (Å²) in [5.74, 6) is 0.238. The van der Waals surface area contributed by atoms with Crippen LogP contribution in [0.4, 0.5) is 0 Å². The Morgan fingerprint density at radius 2 is 2.11 bits per heavy atom. The van der Waals surface area contributed by atoms with Gasteiger partial charge in [-0.1, -0.05) is 12.1 Å². The van der Waals surface area contributed by atoms with E-state index in [2.05, 4.69) is 9.97 Å². The first-order valence-electron chi connectivity index (χ1n) is 5.74. The number of benzene rings is 1. The molecule has 4 heteroatoms. The molecule has 0 fully saturated rings. The van der Waals surface area contributed by atoms with E-state index in [1.165, 1.54) is 0 Å². The lowest BCUT2D eigenvalue weighted by Gasteiger charge is -2.02. The highest BCUT2D eigenvalue weighted by Crippen LogP contribution is 2.30. The van der Waals surface area contributed by atoms with Gasteiger partial charge in [0.25, 0.3) is 0 Å². The third-order valence-corrected chi connectivity index (χ3v) is 2.99. The highest BCUT2D eigenvalue weighted by molar-refractivity contribution is 5.87. The molecular weight excluding hydrogens is 226 g/mol. The quantitative estimate of drug-likeness (QED) is 0.642. The summed E-state index contributed by atoms with van der Waals surface area (Å²) < 4.78 is 0. The molecule has 90 valence electrons. The Balaban J connectivity index is 2.28. The van der Waals surface area contributed by atoms with Gasteiger partial charge >= 0.3 is 0 Å². The van der Waals surface area contributed by atoms with Gasteiger partial charge < -0.3 is 15.8 Å². The van der Waals surface area contributed by atoms with Crippen LogP contribution in [-0.2, 0) is 6.54 Å². The van der Waals surface area contributed by atoms with Crippen molar-refractivity contribution in [2.24, 2.45) is 5.73 Å². The second-order valence-corrected chi connectivity index (χ2v) is 4.13. The predicted octanol–water partition coefficient (Wildman–Crippen LogP) is 2.39. The highest BCUT2D eigenvalue weighted by Gasteiger charge is 2.12. The zero-order valence-electron chi connectivity index (χ0n) is 9.72. The van der Waals surface area contributed by atoms with E-state index in [1.54, 1.807) is 18.3 Å². The minimum absolute atomic E-state index is 0.238. The molecule has 4 N–H and O–H groups in total. The van der Waals surface area contributed by atoms with Crippen LogP contribution in [0.15, 0.2) is 42.6 Å². The van der Waals surface area contributed by atoms with Crippen molar-refractivity contribution in [3.63, 3.8) is 0 Å². The van der Waals surface area contributed by atoms with Crippen LogP contribution < -0.4 is 5.73 Å². The fraction of sp³-hybridized carbons (Fsp3) is 0.0714. The van der Waals surface area contributed by atoms with Gasteiger partial charge in [0.05, 0.1) is 16.7 Å². The summed E-state index contributed by atoms with van der Waals surface area (Å²) in [5, 5.41) is 9.55. The number of fused-ring (bicyclic) bond motifs is 1. The van der Waals surface area contributed by atoms with Crippen molar-refractivity contribution in [3.05, 3.63) is 48.2 Å². The van der Waals surface area contributed by atoms with Gasteiger partial charge in [0.15, 0.2) is 0 Å². The molecule has 0 unspecified atom stereocenters. The Morgan fingerprint density at radius 3 is 2.89 bits per heavy atom. The van der Waals surface area contributed by atoms with E-state index in [4.69, 9.17) is 5.73 Å².